The van der Waals surface area contributed by atoms with Crippen molar-refractivity contribution < 1.29 is 17.9 Å². The molecule has 1 aromatic heterocycles. The van der Waals surface area contributed by atoms with Crippen LogP contribution in [0.15, 0.2) is 62.8 Å². The van der Waals surface area contributed by atoms with E-state index in [1.165, 1.54) is 19.2 Å². The molecule has 0 atom stereocenters. The van der Waals surface area contributed by atoms with Crippen molar-refractivity contribution in [2.75, 3.05) is 18.2 Å². The minimum atomic E-state index is -3.82. The first-order valence-electron chi connectivity index (χ1n) is 8.35. The van der Waals surface area contributed by atoms with Crippen molar-refractivity contribution in [3.8, 4) is 5.75 Å². The third-order valence-electron chi connectivity index (χ3n) is 3.83. The third kappa shape index (κ3) is 5.11. The first-order valence-corrected chi connectivity index (χ1v) is 12.0. The summed E-state index contributed by atoms with van der Waals surface area (Å²) in [6.07, 6.45) is 0. The van der Waals surface area contributed by atoms with Crippen LogP contribution in [0.25, 0.3) is 0 Å². The number of aromatic nitrogens is 1. The Morgan fingerprint density at radius 1 is 1.21 bits per heavy atom. The number of ether oxygens (including phenoxy) is 1. The molecule has 1 amide bonds. The second-order valence-corrected chi connectivity index (χ2v) is 10.6. The molecule has 2 aromatic carbocycles. The number of halogens is 1. The Bertz CT molecular complexity index is 1130. The summed E-state index contributed by atoms with van der Waals surface area (Å²) in [5.74, 6) is 0.328. The molecule has 0 unspecified atom stereocenters. The molecule has 152 valence electrons. The summed E-state index contributed by atoms with van der Waals surface area (Å²) in [5, 5.41) is 2.56. The van der Waals surface area contributed by atoms with Gasteiger partial charge in [0, 0.05) is 0 Å². The van der Waals surface area contributed by atoms with Crippen LogP contribution in [-0.2, 0) is 14.6 Å². The molecule has 0 radical (unpaired) electrons. The van der Waals surface area contributed by atoms with Gasteiger partial charge in [-0.3, -0.25) is 4.79 Å². The number of hydrogen-bond acceptors (Lipinski definition) is 7. The number of carbonyl (C=O) groups excluding carboxylic acids is 1. The van der Waals surface area contributed by atoms with Crippen LogP contribution >= 0.6 is 34.7 Å². The molecule has 0 bridgehead atoms. The van der Waals surface area contributed by atoms with Crippen LogP contribution in [0.3, 0.4) is 0 Å². The van der Waals surface area contributed by atoms with Gasteiger partial charge in [0.2, 0.25) is 15.7 Å². The van der Waals surface area contributed by atoms with Gasteiger partial charge in [0.1, 0.15) is 10.1 Å². The third-order valence-corrected chi connectivity index (χ3v) is 8.17. The van der Waals surface area contributed by atoms with E-state index < -0.39 is 9.84 Å². The number of hydrogen-bond donors (Lipinski definition) is 1. The molecule has 3 aromatic rings. The lowest BCUT2D eigenvalue weighted by Gasteiger charge is -2.09. The van der Waals surface area contributed by atoms with Gasteiger partial charge in [-0.15, -0.1) is 0 Å². The van der Waals surface area contributed by atoms with Crippen LogP contribution in [0.5, 0.6) is 5.75 Å². The lowest BCUT2D eigenvalue weighted by Crippen LogP contribution is -2.14. The van der Waals surface area contributed by atoms with E-state index in [1.807, 2.05) is 6.92 Å². The lowest BCUT2D eigenvalue weighted by atomic mass is 10.2. The summed E-state index contributed by atoms with van der Waals surface area (Å²) in [6.45, 7) is 1.87. The molecule has 6 nitrogen and oxygen atoms in total. The van der Waals surface area contributed by atoms with E-state index in [4.69, 9.17) is 16.3 Å². The number of para-hydroxylation sites is 2. The number of amides is 1. The Balaban J connectivity index is 1.70. The van der Waals surface area contributed by atoms with Crippen molar-refractivity contribution in [3.05, 3.63) is 58.4 Å². The Morgan fingerprint density at radius 3 is 2.59 bits per heavy atom. The predicted octanol–water partition coefficient (Wildman–Crippen LogP) is 4.68. The Hall–Kier alpha value is -2.07. The van der Waals surface area contributed by atoms with E-state index in [-0.39, 0.29) is 25.9 Å². The van der Waals surface area contributed by atoms with Crippen LogP contribution in [0.1, 0.15) is 5.56 Å². The zero-order valence-corrected chi connectivity index (χ0v) is 18.7. The standard InChI is InChI=1S/C19H17ClN2O4S3/c1-12-7-9-13(10-8-12)29(24,25)18-17(20)28-19(22-18)27-11-16(23)21-14-5-3-4-6-15(14)26-2/h3-10H,11H2,1-2H3,(H,21,23). The maximum absolute atomic E-state index is 12.8. The fraction of sp³-hybridized carbons (Fsp3) is 0.158. The van der Waals surface area contributed by atoms with Gasteiger partial charge in [0.05, 0.1) is 23.4 Å². The van der Waals surface area contributed by atoms with E-state index in [0.29, 0.717) is 15.8 Å². The van der Waals surface area contributed by atoms with Crippen LogP contribution in [0.4, 0.5) is 5.69 Å². The summed E-state index contributed by atoms with van der Waals surface area (Å²) in [5.41, 5.74) is 1.51. The minimum absolute atomic E-state index is 0.0475. The molecule has 1 heterocycles. The topological polar surface area (TPSA) is 85.4 Å². The molecular formula is C19H17ClN2O4S3. The van der Waals surface area contributed by atoms with Crippen molar-refractivity contribution in [1.29, 1.82) is 0 Å². The quantitative estimate of drug-likeness (QED) is 0.507. The average molecular weight is 469 g/mol. The number of thiazole rings is 1. The number of benzene rings is 2. The molecule has 0 aliphatic heterocycles. The molecule has 10 heteroatoms. The molecule has 0 aliphatic carbocycles. The van der Waals surface area contributed by atoms with Gasteiger partial charge in [-0.25, -0.2) is 13.4 Å². The van der Waals surface area contributed by atoms with E-state index >= 15 is 0 Å². The number of carbonyl (C=O) groups is 1. The molecule has 0 spiro atoms. The predicted molar refractivity (Wildman–Crippen MR) is 116 cm³/mol. The molecule has 0 saturated carbocycles. The fourth-order valence-corrected chi connectivity index (χ4v) is 6.37. The normalized spacial score (nSPS) is 11.3. The SMILES string of the molecule is COc1ccccc1NC(=O)CSc1nc(S(=O)(=O)c2ccc(C)cc2)c(Cl)s1. The number of thioether (sulfide) groups is 1. The summed E-state index contributed by atoms with van der Waals surface area (Å²) in [7, 11) is -2.30. The van der Waals surface area contributed by atoms with Crippen molar-refractivity contribution in [2.24, 2.45) is 0 Å². The largest absolute Gasteiger partial charge is 0.495 e. The Kier molecular flexibility index (Phi) is 6.84. The molecule has 3 rings (SSSR count). The molecule has 0 fully saturated rings. The number of rotatable bonds is 7. The van der Waals surface area contributed by atoms with Crippen molar-refractivity contribution in [3.63, 3.8) is 0 Å². The number of nitrogens with one attached hydrogen (secondary N) is 1. The van der Waals surface area contributed by atoms with Crippen molar-refractivity contribution in [2.45, 2.75) is 21.2 Å². The van der Waals surface area contributed by atoms with Gasteiger partial charge in [0.25, 0.3) is 0 Å². The van der Waals surface area contributed by atoms with E-state index in [1.54, 1.807) is 36.4 Å². The van der Waals surface area contributed by atoms with Crippen molar-refractivity contribution >= 4 is 56.1 Å². The number of aryl methyl sites for hydroxylation is 1. The first kappa shape index (κ1) is 21.6. The molecule has 0 saturated heterocycles. The molecule has 1 N–H and O–H groups in total. The first-order chi connectivity index (χ1) is 13.8. The second kappa shape index (κ2) is 9.17. The fourth-order valence-electron chi connectivity index (χ4n) is 2.39. The zero-order chi connectivity index (χ0) is 21.0. The molecule has 0 aliphatic rings. The van der Waals surface area contributed by atoms with Gasteiger partial charge < -0.3 is 10.1 Å². The highest BCUT2D eigenvalue weighted by molar-refractivity contribution is 8.01. The van der Waals surface area contributed by atoms with Crippen molar-refractivity contribution in [1.82, 2.24) is 4.98 Å². The molecule has 29 heavy (non-hydrogen) atoms. The van der Waals surface area contributed by atoms with E-state index in [2.05, 4.69) is 10.3 Å². The Labute approximate surface area is 182 Å². The summed E-state index contributed by atoms with van der Waals surface area (Å²) in [4.78, 5) is 16.5. The maximum Gasteiger partial charge on any atom is 0.234 e. The minimum Gasteiger partial charge on any atom is -0.495 e. The smallest absolute Gasteiger partial charge is 0.234 e. The zero-order valence-electron chi connectivity index (χ0n) is 15.5. The summed E-state index contributed by atoms with van der Waals surface area (Å²) < 4.78 is 31.2. The number of sulfone groups is 1. The van der Waals surface area contributed by atoms with Gasteiger partial charge in [-0.1, -0.05) is 64.5 Å². The highest BCUT2D eigenvalue weighted by Crippen LogP contribution is 2.36. The lowest BCUT2D eigenvalue weighted by molar-refractivity contribution is -0.113. The highest BCUT2D eigenvalue weighted by Gasteiger charge is 2.26. The van der Waals surface area contributed by atoms with E-state index in [9.17, 15) is 13.2 Å². The molecular weight excluding hydrogens is 452 g/mol. The van der Waals surface area contributed by atoms with Crippen LogP contribution in [0, 0.1) is 6.92 Å². The summed E-state index contributed by atoms with van der Waals surface area (Å²) in [6, 6.07) is 13.5. The average Bonchev–Trinajstić information content (AvgIpc) is 3.08. The van der Waals surface area contributed by atoms with Crippen LogP contribution < -0.4 is 10.1 Å². The van der Waals surface area contributed by atoms with E-state index in [0.717, 1.165) is 28.7 Å². The van der Waals surface area contributed by atoms with Gasteiger partial charge in [0.15, 0.2) is 9.37 Å². The van der Waals surface area contributed by atoms with Gasteiger partial charge in [-0.05, 0) is 31.2 Å². The highest BCUT2D eigenvalue weighted by atomic mass is 35.5. The summed E-state index contributed by atoms with van der Waals surface area (Å²) >= 11 is 8.29. The van der Waals surface area contributed by atoms with Crippen LogP contribution in [0.2, 0.25) is 4.34 Å². The van der Waals surface area contributed by atoms with Gasteiger partial charge in [-0.2, -0.15) is 0 Å². The number of methoxy groups -OCH3 is 1. The second-order valence-electron chi connectivity index (χ2n) is 5.91. The number of anilines is 1. The Morgan fingerprint density at radius 2 is 1.90 bits per heavy atom. The maximum atomic E-state index is 12.8. The monoisotopic (exact) mass is 468 g/mol. The van der Waals surface area contributed by atoms with Gasteiger partial charge >= 0.3 is 0 Å². The van der Waals surface area contributed by atoms with Crippen LogP contribution in [-0.4, -0.2) is 32.2 Å². The number of nitrogens with zero attached hydrogens (tertiary/aromatic N) is 1.